The fourth-order valence-electron chi connectivity index (χ4n) is 2.12. The summed E-state index contributed by atoms with van der Waals surface area (Å²) in [7, 11) is 1.89. The highest BCUT2D eigenvalue weighted by Crippen LogP contribution is 2.16. The zero-order valence-electron chi connectivity index (χ0n) is 12.4. The average molecular weight is 337 g/mol. The van der Waals surface area contributed by atoms with E-state index < -0.39 is 0 Å². The van der Waals surface area contributed by atoms with Crippen molar-refractivity contribution in [2.45, 2.75) is 13.1 Å². The topological polar surface area (TPSA) is 32.3 Å². The SMILES string of the molecule is CN(CC(=O)NCc1cccc(Cl)c1)Cc1ccccc1Cl. The molecule has 22 heavy (non-hydrogen) atoms. The Morgan fingerprint density at radius 1 is 1.14 bits per heavy atom. The van der Waals surface area contributed by atoms with Gasteiger partial charge in [-0.2, -0.15) is 0 Å². The second kappa shape index (κ2) is 8.18. The van der Waals surface area contributed by atoms with Crippen molar-refractivity contribution in [3.63, 3.8) is 0 Å². The highest BCUT2D eigenvalue weighted by molar-refractivity contribution is 6.31. The lowest BCUT2D eigenvalue weighted by atomic mass is 10.2. The Bertz CT molecular complexity index is 646. The fourth-order valence-corrected chi connectivity index (χ4v) is 2.53. The summed E-state index contributed by atoms with van der Waals surface area (Å²) in [4.78, 5) is 13.9. The number of rotatable bonds is 6. The largest absolute Gasteiger partial charge is 0.351 e. The summed E-state index contributed by atoms with van der Waals surface area (Å²) in [6, 6.07) is 15.1. The Hall–Kier alpha value is -1.55. The average Bonchev–Trinajstić information content (AvgIpc) is 2.47. The first-order valence-electron chi connectivity index (χ1n) is 6.97. The fraction of sp³-hybridized carbons (Fsp3) is 0.235. The minimum Gasteiger partial charge on any atom is -0.351 e. The van der Waals surface area contributed by atoms with Gasteiger partial charge in [-0.1, -0.05) is 53.5 Å². The van der Waals surface area contributed by atoms with Crippen LogP contribution in [0.15, 0.2) is 48.5 Å². The maximum Gasteiger partial charge on any atom is 0.234 e. The predicted octanol–water partition coefficient (Wildman–Crippen LogP) is 3.74. The van der Waals surface area contributed by atoms with Crippen LogP contribution in [0.3, 0.4) is 0 Å². The van der Waals surface area contributed by atoms with E-state index >= 15 is 0 Å². The molecule has 0 fully saturated rings. The standard InChI is InChI=1S/C17H18Cl2N2O/c1-21(11-14-6-2-3-8-16(14)19)12-17(22)20-10-13-5-4-7-15(18)9-13/h2-9H,10-12H2,1H3,(H,20,22). The van der Waals surface area contributed by atoms with Gasteiger partial charge >= 0.3 is 0 Å². The number of nitrogens with zero attached hydrogens (tertiary/aromatic N) is 1. The van der Waals surface area contributed by atoms with Crippen LogP contribution in [0.1, 0.15) is 11.1 Å². The molecule has 2 aromatic carbocycles. The van der Waals surface area contributed by atoms with Crippen LogP contribution < -0.4 is 5.32 Å². The minimum atomic E-state index is -0.0328. The van der Waals surface area contributed by atoms with Gasteiger partial charge in [0.15, 0.2) is 0 Å². The van der Waals surface area contributed by atoms with E-state index in [1.807, 2.05) is 60.5 Å². The summed E-state index contributed by atoms with van der Waals surface area (Å²) in [5.74, 6) is -0.0328. The molecule has 0 radical (unpaired) electrons. The first-order chi connectivity index (χ1) is 10.5. The number of likely N-dealkylation sites (N-methyl/N-ethyl adjacent to an activating group) is 1. The number of amides is 1. The molecule has 0 aliphatic rings. The highest BCUT2D eigenvalue weighted by Gasteiger charge is 2.08. The predicted molar refractivity (Wildman–Crippen MR) is 91.1 cm³/mol. The van der Waals surface area contributed by atoms with Crippen molar-refractivity contribution in [2.24, 2.45) is 0 Å². The molecule has 0 saturated carbocycles. The van der Waals surface area contributed by atoms with E-state index in [1.54, 1.807) is 0 Å². The molecule has 2 aromatic rings. The van der Waals surface area contributed by atoms with Crippen molar-refractivity contribution in [3.05, 3.63) is 69.7 Å². The van der Waals surface area contributed by atoms with Gasteiger partial charge in [-0.15, -0.1) is 0 Å². The van der Waals surface area contributed by atoms with Gasteiger partial charge in [0.2, 0.25) is 5.91 Å². The van der Waals surface area contributed by atoms with Gasteiger partial charge in [0.25, 0.3) is 0 Å². The lowest BCUT2D eigenvalue weighted by Crippen LogP contribution is -2.34. The maximum absolute atomic E-state index is 12.0. The molecule has 0 atom stereocenters. The molecule has 3 nitrogen and oxygen atoms in total. The van der Waals surface area contributed by atoms with Crippen LogP contribution in [0.4, 0.5) is 0 Å². The second-order valence-corrected chi connectivity index (χ2v) is 6.01. The summed E-state index contributed by atoms with van der Waals surface area (Å²) in [6.07, 6.45) is 0. The molecule has 0 aliphatic heterocycles. The van der Waals surface area contributed by atoms with Crippen LogP contribution in [0, 0.1) is 0 Å². The molecular weight excluding hydrogens is 319 g/mol. The number of benzene rings is 2. The number of halogens is 2. The molecular formula is C17H18Cl2N2O. The molecule has 0 heterocycles. The van der Waals surface area contributed by atoms with Gasteiger partial charge in [0.1, 0.15) is 0 Å². The Morgan fingerprint density at radius 3 is 2.64 bits per heavy atom. The van der Waals surface area contributed by atoms with Gasteiger partial charge in [-0.25, -0.2) is 0 Å². The maximum atomic E-state index is 12.0. The van der Waals surface area contributed by atoms with Gasteiger partial charge in [-0.3, -0.25) is 9.69 Å². The van der Waals surface area contributed by atoms with Crippen LogP contribution >= 0.6 is 23.2 Å². The van der Waals surface area contributed by atoms with E-state index in [2.05, 4.69) is 5.32 Å². The lowest BCUT2D eigenvalue weighted by Gasteiger charge is -2.17. The van der Waals surface area contributed by atoms with Crippen LogP contribution in [0.5, 0.6) is 0 Å². The summed E-state index contributed by atoms with van der Waals surface area (Å²) < 4.78 is 0. The van der Waals surface area contributed by atoms with Crippen LogP contribution in [0.25, 0.3) is 0 Å². The number of hydrogen-bond acceptors (Lipinski definition) is 2. The zero-order chi connectivity index (χ0) is 15.9. The number of carbonyl (C=O) groups excluding carboxylic acids is 1. The molecule has 2 rings (SSSR count). The van der Waals surface area contributed by atoms with E-state index in [0.29, 0.717) is 29.7 Å². The monoisotopic (exact) mass is 336 g/mol. The van der Waals surface area contributed by atoms with Crippen molar-refractivity contribution in [2.75, 3.05) is 13.6 Å². The van der Waals surface area contributed by atoms with Crippen LogP contribution in [0.2, 0.25) is 10.0 Å². The molecule has 0 aliphatic carbocycles. The molecule has 5 heteroatoms. The molecule has 0 saturated heterocycles. The lowest BCUT2D eigenvalue weighted by molar-refractivity contribution is -0.122. The second-order valence-electron chi connectivity index (χ2n) is 5.17. The number of hydrogen-bond donors (Lipinski definition) is 1. The molecule has 0 unspecified atom stereocenters. The third-order valence-electron chi connectivity index (χ3n) is 3.19. The Morgan fingerprint density at radius 2 is 1.91 bits per heavy atom. The normalized spacial score (nSPS) is 10.7. The van der Waals surface area contributed by atoms with Crippen LogP contribution in [-0.4, -0.2) is 24.4 Å². The van der Waals surface area contributed by atoms with Gasteiger partial charge in [0.05, 0.1) is 6.54 Å². The number of carbonyl (C=O) groups is 1. The Labute approximate surface area is 140 Å². The van der Waals surface area contributed by atoms with E-state index in [1.165, 1.54) is 0 Å². The smallest absolute Gasteiger partial charge is 0.234 e. The van der Waals surface area contributed by atoms with Crippen molar-refractivity contribution < 1.29 is 4.79 Å². The molecule has 0 bridgehead atoms. The zero-order valence-corrected chi connectivity index (χ0v) is 13.9. The first kappa shape index (κ1) is 16.8. The van der Waals surface area contributed by atoms with Crippen molar-refractivity contribution in [1.29, 1.82) is 0 Å². The van der Waals surface area contributed by atoms with E-state index in [4.69, 9.17) is 23.2 Å². The van der Waals surface area contributed by atoms with Gasteiger partial charge in [-0.05, 0) is 36.4 Å². The van der Waals surface area contributed by atoms with Crippen LogP contribution in [-0.2, 0) is 17.9 Å². The highest BCUT2D eigenvalue weighted by atomic mass is 35.5. The van der Waals surface area contributed by atoms with Gasteiger partial charge in [0, 0.05) is 23.1 Å². The number of nitrogens with one attached hydrogen (secondary N) is 1. The quantitative estimate of drug-likeness (QED) is 0.871. The third-order valence-corrected chi connectivity index (χ3v) is 3.79. The summed E-state index contributed by atoms with van der Waals surface area (Å²) in [5, 5.41) is 4.27. The third kappa shape index (κ3) is 5.34. The van der Waals surface area contributed by atoms with Crippen molar-refractivity contribution in [1.82, 2.24) is 10.2 Å². The summed E-state index contributed by atoms with van der Waals surface area (Å²) in [6.45, 7) is 1.41. The summed E-state index contributed by atoms with van der Waals surface area (Å²) >= 11 is 12.0. The van der Waals surface area contributed by atoms with Gasteiger partial charge < -0.3 is 5.32 Å². The molecule has 0 spiro atoms. The Kier molecular flexibility index (Phi) is 6.25. The van der Waals surface area contributed by atoms with E-state index in [0.717, 1.165) is 11.1 Å². The molecule has 1 N–H and O–H groups in total. The van der Waals surface area contributed by atoms with Crippen molar-refractivity contribution >= 4 is 29.1 Å². The van der Waals surface area contributed by atoms with Crippen molar-refractivity contribution in [3.8, 4) is 0 Å². The van der Waals surface area contributed by atoms with E-state index in [9.17, 15) is 4.79 Å². The summed E-state index contributed by atoms with van der Waals surface area (Å²) in [5.41, 5.74) is 1.99. The van der Waals surface area contributed by atoms with E-state index in [-0.39, 0.29) is 5.91 Å². The molecule has 116 valence electrons. The minimum absolute atomic E-state index is 0.0328. The molecule has 1 amide bonds. The Balaban J connectivity index is 1.80. The molecule has 0 aromatic heterocycles. The first-order valence-corrected chi connectivity index (χ1v) is 7.73.